The Kier molecular flexibility index (Phi) is 10.5. The molecule has 0 aromatic carbocycles. The van der Waals surface area contributed by atoms with E-state index >= 15 is 0 Å². The molecule has 3 atom stereocenters. The first-order valence-corrected chi connectivity index (χ1v) is 16.7. The molecule has 1 aromatic rings. The molecule has 0 bridgehead atoms. The number of anilines is 1. The first-order valence-electron chi connectivity index (χ1n) is 14.9. The van der Waals surface area contributed by atoms with Gasteiger partial charge in [-0.1, -0.05) is 30.8 Å². The molecule has 1 aromatic heterocycles. The molecule has 264 valence electrons. The maximum atomic E-state index is 13.8. The van der Waals surface area contributed by atoms with Crippen molar-refractivity contribution in [3.05, 3.63) is 11.1 Å². The highest BCUT2D eigenvalue weighted by atomic mass is 32.2. The molecule has 0 spiro atoms. The Labute approximate surface area is 284 Å². The van der Waals surface area contributed by atoms with Crippen LogP contribution in [-0.4, -0.2) is 122 Å². The van der Waals surface area contributed by atoms with Gasteiger partial charge in [0.2, 0.25) is 16.4 Å². The normalized spacial score (nSPS) is 22.7. The lowest BCUT2D eigenvalue weighted by molar-refractivity contribution is -0.169. The third-order valence-electron chi connectivity index (χ3n) is 7.08. The van der Waals surface area contributed by atoms with Gasteiger partial charge in [0.05, 0.1) is 26.8 Å². The van der Waals surface area contributed by atoms with E-state index in [1.807, 2.05) is 13.8 Å². The molecule has 4 rings (SSSR count). The van der Waals surface area contributed by atoms with Crippen molar-refractivity contribution in [2.45, 2.75) is 76.0 Å². The van der Waals surface area contributed by atoms with E-state index in [0.29, 0.717) is 0 Å². The Morgan fingerprint density at radius 1 is 1.17 bits per heavy atom. The third kappa shape index (κ3) is 7.59. The van der Waals surface area contributed by atoms with E-state index < -0.39 is 69.1 Å². The van der Waals surface area contributed by atoms with Gasteiger partial charge < -0.3 is 29.3 Å². The number of urea groups is 1. The predicted octanol–water partition coefficient (Wildman–Crippen LogP) is 1.07. The minimum atomic E-state index is -1.63. The van der Waals surface area contributed by atoms with Crippen molar-refractivity contribution >= 4 is 69.8 Å². The van der Waals surface area contributed by atoms with Crippen LogP contribution in [0.25, 0.3) is 0 Å². The van der Waals surface area contributed by atoms with E-state index in [2.05, 4.69) is 20.8 Å². The van der Waals surface area contributed by atoms with Crippen LogP contribution in [0.4, 0.5) is 14.7 Å². The first-order chi connectivity index (χ1) is 22.3. The summed E-state index contributed by atoms with van der Waals surface area (Å²) in [6, 6.07) is -1.75. The number of hydrogen-bond donors (Lipinski definition) is 3. The van der Waals surface area contributed by atoms with Gasteiger partial charge in [0, 0.05) is 11.9 Å². The molecule has 5 amide bonds. The molecule has 48 heavy (non-hydrogen) atoms. The van der Waals surface area contributed by atoms with E-state index in [1.165, 1.54) is 36.1 Å². The average molecular weight is 713 g/mol. The van der Waals surface area contributed by atoms with E-state index in [-0.39, 0.29) is 43.0 Å². The number of nitrogens with one attached hydrogen (secondary N) is 2. The van der Waals surface area contributed by atoms with Crippen LogP contribution in [0.1, 0.15) is 54.2 Å². The van der Waals surface area contributed by atoms with Crippen molar-refractivity contribution in [3.63, 3.8) is 0 Å². The average Bonchev–Trinajstić information content (AvgIpc) is 3.69. The Bertz CT molecular complexity index is 1510. The summed E-state index contributed by atoms with van der Waals surface area (Å²) in [5.41, 5.74) is -2.88. The summed E-state index contributed by atoms with van der Waals surface area (Å²) in [6.45, 7) is 11.9. The number of thioether (sulfide) groups is 1. The van der Waals surface area contributed by atoms with Crippen molar-refractivity contribution in [2.24, 2.45) is 16.9 Å². The summed E-state index contributed by atoms with van der Waals surface area (Å²) in [7, 11) is 1.17. The van der Waals surface area contributed by atoms with Gasteiger partial charge in [-0.25, -0.2) is 30.0 Å². The highest BCUT2D eigenvalue weighted by molar-refractivity contribution is 8.02. The summed E-state index contributed by atoms with van der Waals surface area (Å²) >= 11 is 1.94. The van der Waals surface area contributed by atoms with Crippen LogP contribution in [0, 0.1) is 5.92 Å². The van der Waals surface area contributed by atoms with Crippen LogP contribution >= 0.6 is 23.1 Å². The minimum Gasteiger partial charge on any atom is -0.467 e. The molecule has 0 aliphatic carbocycles. The second-order valence-corrected chi connectivity index (χ2v) is 15.3. The Hall–Kier alpha value is -4.17. The molecule has 3 fully saturated rings. The van der Waals surface area contributed by atoms with Gasteiger partial charge in [-0.2, -0.15) is 0 Å². The number of nitrogens with two attached hydrogens (primary N) is 1. The number of hydrazine groups is 1. The van der Waals surface area contributed by atoms with Crippen LogP contribution in [0.3, 0.4) is 0 Å². The number of rotatable bonds is 11. The predicted molar refractivity (Wildman–Crippen MR) is 172 cm³/mol. The Balaban J connectivity index is 1.58. The van der Waals surface area contributed by atoms with E-state index in [1.54, 1.807) is 20.8 Å². The highest BCUT2D eigenvalue weighted by Gasteiger charge is 2.66. The molecule has 3 saturated heterocycles. The first kappa shape index (κ1) is 36.7. The molecule has 20 heteroatoms. The van der Waals surface area contributed by atoms with Crippen LogP contribution < -0.4 is 16.5 Å². The summed E-state index contributed by atoms with van der Waals surface area (Å²) in [4.78, 5) is 88.7. The lowest BCUT2D eigenvalue weighted by atomic mass is 10.1. The van der Waals surface area contributed by atoms with Crippen molar-refractivity contribution in [3.8, 4) is 0 Å². The summed E-state index contributed by atoms with van der Waals surface area (Å²) in [6.07, 6.45) is -0.779. The van der Waals surface area contributed by atoms with Crippen LogP contribution in [0.5, 0.6) is 0 Å². The number of hydrogen-bond acceptors (Lipinski definition) is 15. The van der Waals surface area contributed by atoms with Gasteiger partial charge in [-0.15, -0.1) is 11.3 Å². The summed E-state index contributed by atoms with van der Waals surface area (Å²) in [5, 5.41) is 10.7. The molecular weight excluding hydrogens is 672 g/mol. The number of oxime groups is 1. The number of esters is 2. The largest absolute Gasteiger partial charge is 0.467 e. The van der Waals surface area contributed by atoms with Gasteiger partial charge in [-0.3, -0.25) is 24.8 Å². The molecule has 2 unspecified atom stereocenters. The Morgan fingerprint density at radius 3 is 2.44 bits per heavy atom. The number of β-lactam (4-membered cyclic amide) rings is 1. The van der Waals surface area contributed by atoms with Gasteiger partial charge in [-0.05, 0) is 40.5 Å². The minimum absolute atomic E-state index is 0.0489. The number of methoxy groups -OCH3 is 1. The molecule has 0 saturated carbocycles. The lowest BCUT2D eigenvalue weighted by Crippen LogP contribution is -2.68. The SMILES string of the molecule is COC(=O)C1(N2CCN(N)C2=O)CN2C(=O)C(NC(=O)/C(=N\OC(C)(C)C(=O)OCC(C)C)c3csc(NC(=O)OC(C)(C)C)n3)[C@H]2S1. The van der Waals surface area contributed by atoms with Crippen LogP contribution in [-0.2, 0) is 38.2 Å². The number of ether oxygens (including phenoxy) is 3. The van der Waals surface area contributed by atoms with Crippen LogP contribution in [0.15, 0.2) is 10.5 Å². The molecule has 0 radical (unpaired) electrons. The zero-order valence-electron chi connectivity index (χ0n) is 27.9. The van der Waals surface area contributed by atoms with Gasteiger partial charge in [0.1, 0.15) is 22.7 Å². The summed E-state index contributed by atoms with van der Waals surface area (Å²) < 4.78 is 15.5. The van der Waals surface area contributed by atoms with Gasteiger partial charge in [0.15, 0.2) is 10.8 Å². The van der Waals surface area contributed by atoms with Crippen molar-refractivity contribution in [1.29, 1.82) is 0 Å². The summed E-state index contributed by atoms with van der Waals surface area (Å²) in [5.74, 6) is 2.89. The lowest BCUT2D eigenvalue weighted by Gasteiger charge is -2.41. The smallest absolute Gasteiger partial charge is 0.413 e. The zero-order valence-corrected chi connectivity index (χ0v) is 29.5. The number of thiazole rings is 1. The molecule has 4 N–H and O–H groups in total. The zero-order chi connectivity index (χ0) is 35.8. The highest BCUT2D eigenvalue weighted by Crippen LogP contribution is 2.50. The molecular formula is C28H40N8O10S2. The van der Waals surface area contributed by atoms with Crippen molar-refractivity contribution in [2.75, 3.05) is 38.7 Å². The second kappa shape index (κ2) is 13.7. The van der Waals surface area contributed by atoms with Gasteiger partial charge in [0.25, 0.3) is 5.91 Å². The van der Waals surface area contributed by atoms with Crippen LogP contribution in [0.2, 0.25) is 0 Å². The number of fused-ring (bicyclic) bond motifs is 1. The molecule has 18 nitrogen and oxygen atoms in total. The van der Waals surface area contributed by atoms with E-state index in [0.717, 1.165) is 28.1 Å². The maximum Gasteiger partial charge on any atom is 0.413 e. The topological polar surface area (TPSA) is 224 Å². The fourth-order valence-electron chi connectivity index (χ4n) is 4.70. The number of aromatic nitrogens is 1. The maximum absolute atomic E-state index is 13.8. The number of carbonyl (C=O) groups excluding carboxylic acids is 6. The molecule has 3 aliphatic heterocycles. The molecule has 3 aliphatic rings. The van der Waals surface area contributed by atoms with E-state index in [4.69, 9.17) is 24.9 Å². The number of amides is 5. The van der Waals surface area contributed by atoms with E-state index in [9.17, 15) is 28.8 Å². The fraction of sp³-hybridized carbons (Fsp3) is 0.643. The quantitative estimate of drug-likeness (QED) is 0.0556. The fourth-order valence-corrected chi connectivity index (χ4v) is 7.10. The Morgan fingerprint density at radius 2 is 1.85 bits per heavy atom. The van der Waals surface area contributed by atoms with Crippen molar-refractivity contribution in [1.82, 2.24) is 25.1 Å². The number of carbonyl (C=O) groups is 6. The molecule has 4 heterocycles. The third-order valence-corrected chi connectivity index (χ3v) is 9.52. The van der Waals surface area contributed by atoms with Crippen molar-refractivity contribution < 1.29 is 47.8 Å². The monoisotopic (exact) mass is 712 g/mol. The van der Waals surface area contributed by atoms with Gasteiger partial charge >= 0.3 is 24.1 Å². The second-order valence-electron chi connectivity index (χ2n) is 13.0. The standard InChI is InChI=1S/C28H40N8O10S2/c1-14(2)11-44-21(39)27(6,7)46-33-16(15-12-47-23(30-15)32-24(41)45-26(3,4)5)18(37)31-17-19(38)34-13-28(22(40)43-8,48-20(17)34)35-9-10-36(29)25(35)42/h12,14,17,20H,9-11,13,29H2,1-8H3,(H,31,37)(H,30,32,41)/b33-16-/t17?,20-,28?/m1/s1. The number of nitrogens with zero attached hydrogens (tertiary/aromatic N) is 5.